The average Bonchev–Trinajstić information content (AvgIpc) is 2.73. The van der Waals surface area contributed by atoms with Crippen LogP contribution in [0.3, 0.4) is 0 Å². The lowest BCUT2D eigenvalue weighted by atomic mass is 9.61. The zero-order chi connectivity index (χ0) is 14.5. The van der Waals surface area contributed by atoms with Crippen molar-refractivity contribution < 1.29 is 19.1 Å². The summed E-state index contributed by atoms with van der Waals surface area (Å²) in [7, 11) is 1.56. The van der Waals surface area contributed by atoms with Gasteiger partial charge < -0.3 is 9.47 Å². The van der Waals surface area contributed by atoms with Gasteiger partial charge in [-0.2, -0.15) is 5.26 Å². The van der Waals surface area contributed by atoms with Crippen LogP contribution in [0.2, 0.25) is 0 Å². The number of benzene rings is 1. The highest BCUT2D eigenvalue weighted by atomic mass is 16.6. The van der Waals surface area contributed by atoms with Crippen LogP contribution in [0.25, 0.3) is 0 Å². The van der Waals surface area contributed by atoms with E-state index in [9.17, 15) is 14.9 Å². The molecular formula is C15H13NO4. The number of ether oxygens (including phenoxy) is 2. The van der Waals surface area contributed by atoms with Crippen LogP contribution in [0.4, 0.5) is 0 Å². The van der Waals surface area contributed by atoms with Gasteiger partial charge in [-0.05, 0) is 36.6 Å². The molecule has 0 amide bonds. The van der Waals surface area contributed by atoms with Crippen molar-refractivity contribution >= 4 is 11.9 Å². The molecule has 1 aliphatic carbocycles. The van der Waals surface area contributed by atoms with E-state index in [0.29, 0.717) is 12.2 Å². The Hall–Kier alpha value is -2.35. The van der Waals surface area contributed by atoms with E-state index >= 15 is 0 Å². The Morgan fingerprint density at radius 2 is 2.15 bits per heavy atom. The minimum atomic E-state index is -1.05. The van der Waals surface area contributed by atoms with Crippen molar-refractivity contribution in [1.82, 2.24) is 0 Å². The van der Waals surface area contributed by atoms with Crippen molar-refractivity contribution in [2.75, 3.05) is 7.11 Å². The number of cyclic esters (lactones) is 2. The van der Waals surface area contributed by atoms with Gasteiger partial charge in [0.25, 0.3) is 0 Å². The lowest BCUT2D eigenvalue weighted by Gasteiger charge is -2.36. The van der Waals surface area contributed by atoms with Gasteiger partial charge in [-0.3, -0.25) is 9.59 Å². The summed E-state index contributed by atoms with van der Waals surface area (Å²) in [4.78, 5) is 23.7. The number of carbonyl (C=O) groups is 2. The van der Waals surface area contributed by atoms with Gasteiger partial charge in [0.05, 0.1) is 30.4 Å². The summed E-state index contributed by atoms with van der Waals surface area (Å²) in [6.45, 7) is 1.69. The number of carbonyl (C=O) groups excluding carboxylic acids is 2. The highest BCUT2D eigenvalue weighted by molar-refractivity contribution is 5.98. The van der Waals surface area contributed by atoms with Gasteiger partial charge in [-0.15, -0.1) is 0 Å². The van der Waals surface area contributed by atoms with E-state index in [0.717, 1.165) is 11.1 Å². The van der Waals surface area contributed by atoms with Gasteiger partial charge in [-0.1, -0.05) is 6.07 Å². The van der Waals surface area contributed by atoms with Gasteiger partial charge in [0.15, 0.2) is 0 Å². The number of rotatable bonds is 1. The number of nitrogens with zero attached hydrogens (tertiary/aromatic N) is 1. The molecule has 0 N–H and O–H groups in total. The Labute approximate surface area is 116 Å². The molecule has 0 spiro atoms. The van der Waals surface area contributed by atoms with Gasteiger partial charge in [-0.25, -0.2) is 0 Å². The van der Waals surface area contributed by atoms with Crippen LogP contribution in [0.5, 0.6) is 5.75 Å². The molecule has 1 aliphatic heterocycles. The fraction of sp³-hybridized carbons (Fsp3) is 0.400. The SMILES string of the molecule is COc1ccc2c(c1)C[C@H]1C(=O)OC(=O)[C@H]1[C@]2(C)C#N. The van der Waals surface area contributed by atoms with Crippen molar-refractivity contribution in [3.63, 3.8) is 0 Å². The molecule has 1 saturated heterocycles. The predicted octanol–water partition coefficient (Wildman–Crippen LogP) is 1.35. The molecule has 5 heteroatoms. The van der Waals surface area contributed by atoms with Crippen molar-refractivity contribution in [1.29, 1.82) is 5.26 Å². The Bertz CT molecular complexity index is 660. The minimum Gasteiger partial charge on any atom is -0.497 e. The van der Waals surface area contributed by atoms with E-state index in [2.05, 4.69) is 6.07 Å². The number of esters is 2. The lowest BCUT2D eigenvalue weighted by molar-refractivity contribution is -0.154. The molecule has 3 rings (SSSR count). The molecular weight excluding hydrogens is 258 g/mol. The molecule has 2 aliphatic rings. The minimum absolute atomic E-state index is 0.402. The number of hydrogen-bond donors (Lipinski definition) is 0. The van der Waals surface area contributed by atoms with Crippen LogP contribution in [0.1, 0.15) is 18.1 Å². The van der Waals surface area contributed by atoms with Crippen molar-refractivity contribution in [2.45, 2.75) is 18.8 Å². The largest absolute Gasteiger partial charge is 0.497 e. The summed E-state index contributed by atoms with van der Waals surface area (Å²) >= 11 is 0. The highest BCUT2D eigenvalue weighted by Crippen LogP contribution is 2.48. The molecule has 1 aromatic rings. The quantitative estimate of drug-likeness (QED) is 0.569. The molecule has 3 atom stereocenters. The van der Waals surface area contributed by atoms with E-state index in [1.807, 2.05) is 6.07 Å². The van der Waals surface area contributed by atoms with Crippen molar-refractivity contribution in [3.8, 4) is 11.8 Å². The van der Waals surface area contributed by atoms with E-state index in [4.69, 9.17) is 9.47 Å². The number of methoxy groups -OCH3 is 1. The molecule has 0 bridgehead atoms. The summed E-state index contributed by atoms with van der Waals surface area (Å²) in [5, 5.41) is 9.57. The normalized spacial score (nSPS) is 31.1. The summed E-state index contributed by atoms with van der Waals surface area (Å²) < 4.78 is 9.91. The van der Waals surface area contributed by atoms with Crippen LogP contribution >= 0.6 is 0 Å². The molecule has 102 valence electrons. The van der Waals surface area contributed by atoms with E-state index in [-0.39, 0.29) is 0 Å². The maximum absolute atomic E-state index is 11.9. The average molecular weight is 271 g/mol. The maximum Gasteiger partial charge on any atom is 0.319 e. The Morgan fingerprint density at radius 3 is 2.80 bits per heavy atom. The van der Waals surface area contributed by atoms with Crippen LogP contribution in [-0.2, 0) is 26.2 Å². The van der Waals surface area contributed by atoms with E-state index in [1.165, 1.54) is 0 Å². The second kappa shape index (κ2) is 4.07. The third kappa shape index (κ3) is 1.48. The molecule has 0 radical (unpaired) electrons. The van der Waals surface area contributed by atoms with Crippen LogP contribution < -0.4 is 4.74 Å². The molecule has 0 saturated carbocycles. The molecule has 0 aromatic heterocycles. The first-order valence-electron chi connectivity index (χ1n) is 6.35. The van der Waals surface area contributed by atoms with Crippen molar-refractivity contribution in [2.24, 2.45) is 11.8 Å². The summed E-state index contributed by atoms with van der Waals surface area (Å²) in [6, 6.07) is 7.58. The predicted molar refractivity (Wildman–Crippen MR) is 67.7 cm³/mol. The van der Waals surface area contributed by atoms with Gasteiger partial charge in [0.2, 0.25) is 0 Å². The number of fused-ring (bicyclic) bond motifs is 2. The zero-order valence-electron chi connectivity index (χ0n) is 11.2. The molecule has 0 unspecified atom stereocenters. The third-order valence-corrected chi connectivity index (χ3v) is 4.33. The van der Waals surface area contributed by atoms with Crippen molar-refractivity contribution in [3.05, 3.63) is 29.3 Å². The van der Waals surface area contributed by atoms with E-state index in [1.54, 1.807) is 26.2 Å². The Morgan fingerprint density at radius 1 is 1.40 bits per heavy atom. The first-order chi connectivity index (χ1) is 9.51. The molecule has 1 fully saturated rings. The number of nitriles is 1. The second-order valence-corrected chi connectivity index (χ2v) is 5.37. The number of hydrogen-bond acceptors (Lipinski definition) is 5. The fourth-order valence-electron chi connectivity index (χ4n) is 3.28. The summed E-state index contributed by atoms with van der Waals surface area (Å²) in [5.74, 6) is -1.76. The first-order valence-corrected chi connectivity index (χ1v) is 6.35. The van der Waals surface area contributed by atoms with Gasteiger partial charge in [0.1, 0.15) is 5.75 Å². The van der Waals surface area contributed by atoms with E-state index < -0.39 is 29.2 Å². The molecule has 1 heterocycles. The monoisotopic (exact) mass is 271 g/mol. The maximum atomic E-state index is 11.9. The summed E-state index contributed by atoms with van der Waals surface area (Å²) in [5.41, 5.74) is 0.586. The van der Waals surface area contributed by atoms with Gasteiger partial charge >= 0.3 is 11.9 Å². The third-order valence-electron chi connectivity index (χ3n) is 4.33. The topological polar surface area (TPSA) is 76.4 Å². The smallest absolute Gasteiger partial charge is 0.319 e. The Balaban J connectivity index is 2.21. The lowest BCUT2D eigenvalue weighted by Crippen LogP contribution is -2.43. The molecule has 1 aromatic carbocycles. The summed E-state index contributed by atoms with van der Waals surface area (Å²) in [6.07, 6.45) is 0.402. The van der Waals surface area contributed by atoms with Crippen LogP contribution in [0, 0.1) is 23.2 Å². The first kappa shape index (κ1) is 12.7. The zero-order valence-corrected chi connectivity index (χ0v) is 11.2. The fourth-order valence-corrected chi connectivity index (χ4v) is 3.28. The van der Waals surface area contributed by atoms with Crippen LogP contribution in [0.15, 0.2) is 18.2 Å². The highest BCUT2D eigenvalue weighted by Gasteiger charge is 2.58. The molecule has 5 nitrogen and oxygen atoms in total. The standard InChI is InChI=1S/C15H13NO4/c1-15(7-16)11-4-3-9(19-2)5-8(11)6-10-12(15)14(18)20-13(10)17/h3-5,10,12H,6H2,1-2H3/t10-,12+,15-/m1/s1. The second-order valence-electron chi connectivity index (χ2n) is 5.37. The van der Waals surface area contributed by atoms with Gasteiger partial charge in [0, 0.05) is 0 Å². The Kier molecular flexibility index (Phi) is 2.58. The van der Waals surface area contributed by atoms with Crippen LogP contribution in [-0.4, -0.2) is 19.0 Å². The molecule has 20 heavy (non-hydrogen) atoms.